The quantitative estimate of drug-likeness (QED) is 0.240. The van der Waals surface area contributed by atoms with Crippen LogP contribution < -0.4 is 4.74 Å². The molecule has 3 fully saturated rings. The van der Waals surface area contributed by atoms with Gasteiger partial charge in [0.15, 0.2) is 11.6 Å². The molecule has 2 amide bonds. The standard InChI is InChI=1S/C42H41NO6/c44-22-23-49-35-19-11-10-18-30(35)38-29-20-21-31-37(41(48)43(40(31)47)28-16-8-3-9-17-28)33(29)24-34-39(46)32(26-12-4-1-5-13-26)25-36(45)42(34,38)27-14-6-2-7-15-27/h1-2,4-7,10-15,18-20,25,28,31,33-34,37-38,44H,3,8-9,16-17,21-24H2/t31-,33+,34-,37-,38+,42-/m0/s1. The zero-order chi connectivity index (χ0) is 33.7. The number of ketones is 2. The number of carbonyl (C=O) groups is 4. The number of para-hydroxylation sites is 1. The third-order valence-electron chi connectivity index (χ3n) is 11.9. The molecule has 1 heterocycles. The Balaban J connectivity index is 1.35. The molecule has 3 aromatic carbocycles. The molecule has 250 valence electrons. The largest absolute Gasteiger partial charge is 0.491 e. The smallest absolute Gasteiger partial charge is 0.233 e. The SMILES string of the molecule is O=C1C(c2ccccc2)=CC(=O)[C@@]2(c3ccccc3)[C@@H](c3ccccc3OCCO)C3=CC[C@@H]4C(=O)N(C5CCCCC5)C(=O)[C@@H]4[C@@H]3C[C@@H]12. The van der Waals surface area contributed by atoms with E-state index in [1.807, 2.05) is 84.9 Å². The molecule has 7 heteroatoms. The number of ether oxygens (including phenoxy) is 1. The Bertz CT molecular complexity index is 1860. The molecule has 49 heavy (non-hydrogen) atoms. The first-order chi connectivity index (χ1) is 24.0. The second-order valence-electron chi connectivity index (χ2n) is 14.2. The summed E-state index contributed by atoms with van der Waals surface area (Å²) in [6.07, 6.45) is 9.11. The summed E-state index contributed by atoms with van der Waals surface area (Å²) in [7, 11) is 0. The molecule has 0 aromatic heterocycles. The maximum atomic E-state index is 15.2. The van der Waals surface area contributed by atoms with Gasteiger partial charge in [-0.15, -0.1) is 0 Å². The highest BCUT2D eigenvalue weighted by molar-refractivity contribution is 6.31. The number of nitrogens with zero attached hydrogens (tertiary/aromatic N) is 1. The zero-order valence-corrected chi connectivity index (χ0v) is 27.5. The Morgan fingerprint density at radius 3 is 2.22 bits per heavy atom. The van der Waals surface area contributed by atoms with Crippen LogP contribution in [0.3, 0.4) is 0 Å². The summed E-state index contributed by atoms with van der Waals surface area (Å²) in [6.45, 7) is -0.123. The summed E-state index contributed by atoms with van der Waals surface area (Å²) in [5.74, 6) is -2.91. The number of Topliss-reactive ketones (excluding diaryl/α,β-unsaturated/α-hetero) is 1. The van der Waals surface area contributed by atoms with E-state index in [9.17, 15) is 14.7 Å². The van der Waals surface area contributed by atoms with Crippen molar-refractivity contribution in [2.75, 3.05) is 13.2 Å². The van der Waals surface area contributed by atoms with E-state index in [-0.39, 0.29) is 49.1 Å². The molecule has 6 atom stereocenters. The number of likely N-dealkylation sites (tertiary alicyclic amines) is 1. The van der Waals surface area contributed by atoms with E-state index in [2.05, 4.69) is 6.08 Å². The lowest BCUT2D eigenvalue weighted by Crippen LogP contribution is -2.59. The van der Waals surface area contributed by atoms with Crippen LogP contribution in [0, 0.1) is 23.7 Å². The van der Waals surface area contributed by atoms with Gasteiger partial charge in [-0.25, -0.2) is 0 Å². The molecule has 5 aliphatic rings. The Hall–Kier alpha value is -4.62. The first-order valence-electron chi connectivity index (χ1n) is 17.8. The molecule has 1 saturated heterocycles. The zero-order valence-electron chi connectivity index (χ0n) is 27.5. The Morgan fingerprint density at radius 2 is 1.49 bits per heavy atom. The summed E-state index contributed by atoms with van der Waals surface area (Å²) in [6, 6.07) is 26.4. The van der Waals surface area contributed by atoms with Crippen LogP contribution in [0.1, 0.15) is 67.6 Å². The maximum Gasteiger partial charge on any atom is 0.233 e. The lowest BCUT2D eigenvalue weighted by Gasteiger charge is -2.55. The fourth-order valence-corrected chi connectivity index (χ4v) is 9.95. The Morgan fingerprint density at radius 1 is 0.796 bits per heavy atom. The molecule has 7 nitrogen and oxygen atoms in total. The molecule has 4 aliphatic carbocycles. The highest BCUT2D eigenvalue weighted by atomic mass is 16.5. The number of hydrogen-bond acceptors (Lipinski definition) is 6. The van der Waals surface area contributed by atoms with Crippen molar-refractivity contribution in [3.63, 3.8) is 0 Å². The summed E-state index contributed by atoms with van der Waals surface area (Å²) in [5, 5.41) is 9.72. The van der Waals surface area contributed by atoms with E-state index < -0.39 is 35.0 Å². The van der Waals surface area contributed by atoms with Gasteiger partial charge in [-0.1, -0.05) is 110 Å². The van der Waals surface area contributed by atoms with Gasteiger partial charge in [0, 0.05) is 29.0 Å². The fourth-order valence-electron chi connectivity index (χ4n) is 9.95. The molecule has 0 radical (unpaired) electrons. The average Bonchev–Trinajstić information content (AvgIpc) is 3.41. The van der Waals surface area contributed by atoms with Gasteiger partial charge < -0.3 is 9.84 Å². The van der Waals surface area contributed by atoms with Crippen molar-refractivity contribution in [3.8, 4) is 5.75 Å². The van der Waals surface area contributed by atoms with E-state index in [0.717, 1.165) is 48.8 Å². The molecule has 1 N–H and O–H groups in total. The number of amides is 2. The number of aliphatic hydroxyl groups excluding tert-OH is 1. The first-order valence-corrected chi connectivity index (χ1v) is 17.8. The van der Waals surface area contributed by atoms with Gasteiger partial charge in [0.25, 0.3) is 0 Å². The second-order valence-corrected chi connectivity index (χ2v) is 14.2. The van der Waals surface area contributed by atoms with Crippen molar-refractivity contribution in [1.82, 2.24) is 4.90 Å². The predicted molar refractivity (Wildman–Crippen MR) is 184 cm³/mol. The average molecular weight is 656 g/mol. The highest BCUT2D eigenvalue weighted by Crippen LogP contribution is 2.64. The van der Waals surface area contributed by atoms with Crippen LogP contribution in [0.15, 0.2) is 103 Å². The third kappa shape index (κ3) is 4.88. The Labute approximate surface area is 286 Å². The van der Waals surface area contributed by atoms with Crippen LogP contribution in [-0.4, -0.2) is 52.6 Å². The van der Waals surface area contributed by atoms with E-state index in [0.29, 0.717) is 23.3 Å². The van der Waals surface area contributed by atoms with Crippen LogP contribution in [0.4, 0.5) is 0 Å². The number of rotatable bonds is 7. The number of aliphatic hydroxyl groups is 1. The van der Waals surface area contributed by atoms with Crippen molar-refractivity contribution >= 4 is 29.0 Å². The van der Waals surface area contributed by atoms with Crippen molar-refractivity contribution in [1.29, 1.82) is 0 Å². The molecular weight excluding hydrogens is 614 g/mol. The molecule has 1 aliphatic heterocycles. The van der Waals surface area contributed by atoms with E-state index in [1.165, 1.54) is 6.08 Å². The number of imide groups is 1. The number of allylic oxidation sites excluding steroid dienone is 4. The molecule has 0 bridgehead atoms. The van der Waals surface area contributed by atoms with Crippen molar-refractivity contribution in [2.24, 2.45) is 23.7 Å². The van der Waals surface area contributed by atoms with Crippen molar-refractivity contribution in [3.05, 3.63) is 119 Å². The normalized spacial score (nSPS) is 29.9. The van der Waals surface area contributed by atoms with Crippen LogP contribution >= 0.6 is 0 Å². The van der Waals surface area contributed by atoms with Crippen LogP contribution in [0.2, 0.25) is 0 Å². The number of carbonyl (C=O) groups excluding carboxylic acids is 4. The molecular formula is C42H41NO6. The first kappa shape index (κ1) is 31.6. The Kier molecular flexibility index (Phi) is 8.19. The van der Waals surface area contributed by atoms with Gasteiger partial charge in [0.2, 0.25) is 11.8 Å². The molecule has 3 aromatic rings. The maximum absolute atomic E-state index is 15.2. The van der Waals surface area contributed by atoms with Crippen molar-refractivity contribution in [2.45, 2.75) is 62.3 Å². The lowest BCUT2D eigenvalue weighted by molar-refractivity contribution is -0.144. The minimum absolute atomic E-state index is 0.0624. The number of hydrogen-bond donors (Lipinski definition) is 1. The van der Waals surface area contributed by atoms with Gasteiger partial charge in [-0.05, 0) is 54.9 Å². The minimum Gasteiger partial charge on any atom is -0.491 e. The van der Waals surface area contributed by atoms with Crippen LogP contribution in [0.5, 0.6) is 5.75 Å². The van der Waals surface area contributed by atoms with Crippen LogP contribution in [0.25, 0.3) is 5.57 Å². The predicted octanol–water partition coefficient (Wildman–Crippen LogP) is 6.21. The lowest BCUT2D eigenvalue weighted by atomic mass is 9.44. The van der Waals surface area contributed by atoms with Crippen molar-refractivity contribution < 1.29 is 29.0 Å². The molecule has 0 spiro atoms. The summed E-state index contributed by atoms with van der Waals surface area (Å²) >= 11 is 0. The monoisotopic (exact) mass is 655 g/mol. The minimum atomic E-state index is -1.32. The van der Waals surface area contributed by atoms with Gasteiger partial charge in [0.05, 0.1) is 23.9 Å². The summed E-state index contributed by atoms with van der Waals surface area (Å²) in [5.41, 5.74) is 2.14. The van der Waals surface area contributed by atoms with E-state index in [4.69, 9.17) is 4.74 Å². The van der Waals surface area contributed by atoms with E-state index >= 15 is 9.59 Å². The number of benzene rings is 3. The number of fused-ring (bicyclic) bond motifs is 4. The van der Waals surface area contributed by atoms with Crippen LogP contribution in [-0.2, 0) is 24.6 Å². The molecule has 0 unspecified atom stereocenters. The summed E-state index contributed by atoms with van der Waals surface area (Å²) < 4.78 is 6.14. The molecule has 8 rings (SSSR count). The third-order valence-corrected chi connectivity index (χ3v) is 11.9. The second kappa shape index (κ2) is 12.7. The molecule has 2 saturated carbocycles. The van der Waals surface area contributed by atoms with Gasteiger partial charge >= 0.3 is 0 Å². The van der Waals surface area contributed by atoms with Gasteiger partial charge in [-0.2, -0.15) is 0 Å². The fraction of sp³-hybridized carbons (Fsp3) is 0.381. The van der Waals surface area contributed by atoms with Gasteiger partial charge in [-0.3, -0.25) is 24.1 Å². The van der Waals surface area contributed by atoms with Gasteiger partial charge in [0.1, 0.15) is 12.4 Å². The van der Waals surface area contributed by atoms with E-state index in [1.54, 1.807) is 4.90 Å². The highest BCUT2D eigenvalue weighted by Gasteiger charge is 2.66. The topological polar surface area (TPSA) is 101 Å². The summed E-state index contributed by atoms with van der Waals surface area (Å²) in [4.78, 5) is 60.5.